The van der Waals surface area contributed by atoms with Crippen molar-refractivity contribution in [2.24, 2.45) is 0 Å². The number of hydrogen-bond acceptors (Lipinski definition) is 2. The van der Waals surface area contributed by atoms with Crippen LogP contribution >= 0.6 is 0 Å². The molecule has 2 unspecified atom stereocenters. The second-order valence-electron chi connectivity index (χ2n) is 9.23. The fraction of sp³-hybridized carbons (Fsp3) is 0.333. The maximum atomic E-state index is 14.7. The molecule has 2 amide bonds. The van der Waals surface area contributed by atoms with Gasteiger partial charge in [0.25, 0.3) is 0 Å². The summed E-state index contributed by atoms with van der Waals surface area (Å²) < 4.78 is 14.7. The van der Waals surface area contributed by atoms with E-state index in [0.717, 1.165) is 28.7 Å². The third-order valence-corrected chi connectivity index (χ3v) is 6.50. The first-order chi connectivity index (χ1) is 16.8. The van der Waals surface area contributed by atoms with Gasteiger partial charge in [-0.15, -0.1) is 0 Å². The van der Waals surface area contributed by atoms with Crippen LogP contribution in [-0.4, -0.2) is 28.8 Å². The van der Waals surface area contributed by atoms with E-state index in [9.17, 15) is 14.0 Å². The lowest BCUT2D eigenvalue weighted by atomic mass is 10.00. The predicted octanol–water partition coefficient (Wildman–Crippen LogP) is 5.54. The molecule has 3 aromatic rings. The summed E-state index contributed by atoms with van der Waals surface area (Å²) in [6, 6.07) is 21.2. The van der Waals surface area contributed by atoms with Crippen LogP contribution in [0.15, 0.2) is 72.8 Å². The maximum absolute atomic E-state index is 14.7. The van der Waals surface area contributed by atoms with Gasteiger partial charge >= 0.3 is 0 Å². The summed E-state index contributed by atoms with van der Waals surface area (Å²) in [6.07, 6.45) is 1.25. The molecule has 4 nitrogen and oxygen atoms in total. The van der Waals surface area contributed by atoms with Crippen LogP contribution in [-0.2, 0) is 29.0 Å². The minimum atomic E-state index is -0.773. The fourth-order valence-electron chi connectivity index (χ4n) is 3.99. The average Bonchev–Trinajstić information content (AvgIpc) is 2.85. The Morgan fingerprint density at radius 3 is 2.26 bits per heavy atom. The lowest BCUT2D eigenvalue weighted by Gasteiger charge is -2.32. The van der Waals surface area contributed by atoms with Crippen LogP contribution < -0.4 is 5.32 Å². The van der Waals surface area contributed by atoms with Gasteiger partial charge in [0.15, 0.2) is 0 Å². The van der Waals surface area contributed by atoms with Gasteiger partial charge in [-0.25, -0.2) is 4.39 Å². The summed E-state index contributed by atoms with van der Waals surface area (Å²) in [4.78, 5) is 28.8. The van der Waals surface area contributed by atoms with Crippen molar-refractivity contribution < 1.29 is 14.0 Å². The summed E-state index contributed by atoms with van der Waals surface area (Å²) in [6.45, 7) is 8.00. The molecule has 1 N–H and O–H groups in total. The van der Waals surface area contributed by atoms with E-state index >= 15 is 0 Å². The van der Waals surface area contributed by atoms with Crippen LogP contribution in [0.1, 0.15) is 48.1 Å². The molecule has 0 spiro atoms. The third kappa shape index (κ3) is 7.25. The van der Waals surface area contributed by atoms with Gasteiger partial charge < -0.3 is 10.2 Å². The minimum Gasteiger partial charge on any atom is -0.352 e. The van der Waals surface area contributed by atoms with E-state index in [0.29, 0.717) is 12.0 Å². The number of halogens is 1. The van der Waals surface area contributed by atoms with Gasteiger partial charge in [-0.3, -0.25) is 9.59 Å². The van der Waals surface area contributed by atoms with Gasteiger partial charge in [0.05, 0.1) is 6.42 Å². The molecule has 0 aliphatic carbocycles. The molecule has 0 fully saturated rings. The zero-order valence-corrected chi connectivity index (χ0v) is 21.1. The molecule has 0 aliphatic rings. The molecule has 0 aliphatic heterocycles. The van der Waals surface area contributed by atoms with E-state index in [1.54, 1.807) is 18.2 Å². The van der Waals surface area contributed by atoms with Crippen LogP contribution in [0.2, 0.25) is 0 Å². The number of benzene rings is 3. The van der Waals surface area contributed by atoms with Crippen molar-refractivity contribution >= 4 is 11.8 Å². The number of nitrogens with zero attached hydrogens (tertiary/aromatic N) is 1. The van der Waals surface area contributed by atoms with E-state index < -0.39 is 11.9 Å². The molecule has 35 heavy (non-hydrogen) atoms. The highest BCUT2D eigenvalue weighted by molar-refractivity contribution is 5.89. The molecule has 0 saturated carbocycles. The highest BCUT2D eigenvalue weighted by Gasteiger charge is 2.31. The van der Waals surface area contributed by atoms with Crippen LogP contribution in [0.5, 0.6) is 0 Å². The number of rotatable bonds is 10. The second-order valence-corrected chi connectivity index (χ2v) is 9.23. The molecule has 0 bridgehead atoms. The molecule has 184 valence electrons. The molecule has 3 aromatic carbocycles. The standard InChI is InChI=1S/C30H35FN2O2/c1-5-23(4)32-30(35)28(18-24-11-7-6-8-12-24)33(20-26-13-9-10-14-27(26)31)29(34)19-25-16-15-21(2)22(3)17-25/h6-17,23,28H,5,18-20H2,1-4H3,(H,32,35). The molecule has 5 heteroatoms. The summed E-state index contributed by atoms with van der Waals surface area (Å²) in [5.74, 6) is -0.831. The molecule has 0 heterocycles. The van der Waals surface area contributed by atoms with Gasteiger partial charge in [-0.1, -0.05) is 73.7 Å². The SMILES string of the molecule is CCC(C)NC(=O)C(Cc1ccccc1)N(Cc1ccccc1F)C(=O)Cc1ccc(C)c(C)c1. The van der Waals surface area contributed by atoms with Crippen molar-refractivity contribution in [3.63, 3.8) is 0 Å². The summed E-state index contributed by atoms with van der Waals surface area (Å²) >= 11 is 0. The van der Waals surface area contributed by atoms with Gasteiger partial charge in [0, 0.05) is 24.6 Å². The van der Waals surface area contributed by atoms with Crippen molar-refractivity contribution in [2.75, 3.05) is 0 Å². The lowest BCUT2D eigenvalue weighted by Crippen LogP contribution is -2.52. The van der Waals surface area contributed by atoms with E-state index in [-0.39, 0.29) is 30.8 Å². The number of hydrogen-bond donors (Lipinski definition) is 1. The van der Waals surface area contributed by atoms with E-state index in [1.165, 1.54) is 11.0 Å². The lowest BCUT2D eigenvalue weighted by molar-refractivity contribution is -0.141. The highest BCUT2D eigenvalue weighted by atomic mass is 19.1. The molecule has 0 saturated heterocycles. The average molecular weight is 475 g/mol. The fourth-order valence-corrected chi connectivity index (χ4v) is 3.99. The van der Waals surface area contributed by atoms with Crippen molar-refractivity contribution in [3.8, 4) is 0 Å². The first-order valence-corrected chi connectivity index (χ1v) is 12.2. The second kappa shape index (κ2) is 12.3. The number of nitrogens with one attached hydrogen (secondary N) is 1. The molecular formula is C30H35FN2O2. The first-order valence-electron chi connectivity index (χ1n) is 12.2. The van der Waals surface area contributed by atoms with Gasteiger partial charge in [0.2, 0.25) is 11.8 Å². The summed E-state index contributed by atoms with van der Waals surface area (Å²) in [7, 11) is 0. The number of carbonyl (C=O) groups is 2. The Kier molecular flexibility index (Phi) is 9.18. The molecular weight excluding hydrogens is 439 g/mol. The Labute approximate surface area is 208 Å². The first kappa shape index (κ1) is 26.1. The third-order valence-electron chi connectivity index (χ3n) is 6.50. The van der Waals surface area contributed by atoms with Crippen LogP contribution in [0.3, 0.4) is 0 Å². The highest BCUT2D eigenvalue weighted by Crippen LogP contribution is 2.19. The van der Waals surface area contributed by atoms with Crippen molar-refractivity contribution in [1.82, 2.24) is 10.2 Å². The van der Waals surface area contributed by atoms with Crippen LogP contribution in [0, 0.1) is 19.7 Å². The largest absolute Gasteiger partial charge is 0.352 e. The van der Waals surface area contributed by atoms with Crippen LogP contribution in [0.25, 0.3) is 0 Å². The Morgan fingerprint density at radius 2 is 1.60 bits per heavy atom. The summed E-state index contributed by atoms with van der Waals surface area (Å²) in [5, 5.41) is 3.04. The topological polar surface area (TPSA) is 49.4 Å². The number of aryl methyl sites for hydroxylation is 2. The van der Waals surface area contributed by atoms with Crippen molar-refractivity contribution in [3.05, 3.63) is 106 Å². The molecule has 0 radical (unpaired) electrons. The number of carbonyl (C=O) groups excluding carboxylic acids is 2. The van der Waals surface area contributed by atoms with Gasteiger partial charge in [-0.05, 0) is 55.5 Å². The maximum Gasteiger partial charge on any atom is 0.243 e. The zero-order valence-electron chi connectivity index (χ0n) is 21.1. The Bertz CT molecular complexity index is 1150. The Balaban J connectivity index is 1.99. The van der Waals surface area contributed by atoms with Crippen molar-refractivity contribution in [1.29, 1.82) is 0 Å². The normalized spacial score (nSPS) is 12.6. The summed E-state index contributed by atoms with van der Waals surface area (Å²) in [5.41, 5.74) is 4.45. The smallest absolute Gasteiger partial charge is 0.243 e. The zero-order chi connectivity index (χ0) is 25.4. The molecule has 0 aromatic heterocycles. The Hall–Kier alpha value is -3.47. The van der Waals surface area contributed by atoms with E-state index in [4.69, 9.17) is 0 Å². The minimum absolute atomic E-state index is 0.0157. The molecule has 2 atom stereocenters. The van der Waals surface area contributed by atoms with Gasteiger partial charge in [-0.2, -0.15) is 0 Å². The van der Waals surface area contributed by atoms with Gasteiger partial charge in [0.1, 0.15) is 11.9 Å². The van der Waals surface area contributed by atoms with Crippen LogP contribution in [0.4, 0.5) is 4.39 Å². The monoisotopic (exact) mass is 474 g/mol. The number of amides is 2. The van der Waals surface area contributed by atoms with Crippen molar-refractivity contribution in [2.45, 2.75) is 65.6 Å². The Morgan fingerprint density at radius 1 is 0.914 bits per heavy atom. The quantitative estimate of drug-likeness (QED) is 0.419. The van der Waals surface area contributed by atoms with E-state index in [1.807, 2.05) is 76.2 Å². The predicted molar refractivity (Wildman–Crippen MR) is 138 cm³/mol. The van der Waals surface area contributed by atoms with E-state index in [2.05, 4.69) is 5.32 Å². The molecule has 3 rings (SSSR count).